The highest BCUT2D eigenvalue weighted by Gasteiger charge is 2.13. The third kappa shape index (κ3) is 3.04. The van der Waals surface area contributed by atoms with Crippen LogP contribution in [0.1, 0.15) is 21.5 Å². The molecule has 20 heavy (non-hydrogen) atoms. The fourth-order valence-electron chi connectivity index (χ4n) is 1.81. The van der Waals surface area contributed by atoms with Gasteiger partial charge in [0.1, 0.15) is 11.6 Å². The molecule has 0 aliphatic carbocycles. The Hall–Kier alpha value is -1.75. The average Bonchev–Trinajstić information content (AvgIpc) is 2.38. The van der Waals surface area contributed by atoms with E-state index in [9.17, 15) is 13.6 Å². The number of benzene rings is 2. The number of halogens is 3. The van der Waals surface area contributed by atoms with Crippen LogP contribution in [0.15, 0.2) is 34.8 Å². The molecule has 2 aromatic rings. The monoisotopic (exact) mass is 339 g/mol. The first-order valence-corrected chi connectivity index (χ1v) is 6.71. The summed E-state index contributed by atoms with van der Waals surface area (Å²) in [5, 5.41) is 2.60. The van der Waals surface area contributed by atoms with Gasteiger partial charge in [-0.3, -0.25) is 4.79 Å². The van der Waals surface area contributed by atoms with Crippen LogP contribution in [0.25, 0.3) is 0 Å². The summed E-state index contributed by atoms with van der Waals surface area (Å²) in [6.45, 7) is 3.46. The molecule has 0 heterocycles. The molecule has 0 unspecified atom stereocenters. The van der Waals surface area contributed by atoms with E-state index in [2.05, 4.69) is 21.2 Å². The van der Waals surface area contributed by atoms with Crippen molar-refractivity contribution in [2.75, 3.05) is 5.32 Å². The second kappa shape index (κ2) is 5.71. The maximum atomic E-state index is 13.5. The average molecular weight is 340 g/mol. The van der Waals surface area contributed by atoms with Gasteiger partial charge in [-0.1, -0.05) is 6.07 Å². The standard InChI is InChI=1S/C15H12BrF2NO/c1-8-3-4-10(17)6-11(8)15(20)19-14-7-13(18)12(16)5-9(14)2/h3-7H,1-2H3,(H,19,20). The molecule has 0 saturated heterocycles. The van der Waals surface area contributed by atoms with Gasteiger partial charge < -0.3 is 5.32 Å². The van der Waals surface area contributed by atoms with Crippen molar-refractivity contribution in [3.63, 3.8) is 0 Å². The number of carbonyl (C=O) groups excluding carboxylic acids is 1. The minimum absolute atomic E-state index is 0.229. The largest absolute Gasteiger partial charge is 0.322 e. The van der Waals surface area contributed by atoms with Gasteiger partial charge in [-0.05, 0) is 65.2 Å². The van der Waals surface area contributed by atoms with Crippen LogP contribution in [-0.4, -0.2) is 5.91 Å². The number of hydrogen-bond acceptors (Lipinski definition) is 1. The van der Waals surface area contributed by atoms with Crippen molar-refractivity contribution in [3.05, 3.63) is 63.1 Å². The zero-order valence-corrected chi connectivity index (χ0v) is 12.5. The lowest BCUT2D eigenvalue weighted by molar-refractivity contribution is 0.102. The molecule has 0 spiro atoms. The summed E-state index contributed by atoms with van der Waals surface area (Å²) in [5.74, 6) is -1.42. The highest BCUT2D eigenvalue weighted by molar-refractivity contribution is 9.10. The van der Waals surface area contributed by atoms with Gasteiger partial charge in [0.25, 0.3) is 5.91 Å². The zero-order chi connectivity index (χ0) is 14.9. The first-order chi connectivity index (χ1) is 9.38. The molecular formula is C15H12BrF2NO. The quantitative estimate of drug-likeness (QED) is 0.851. The van der Waals surface area contributed by atoms with E-state index in [0.29, 0.717) is 21.3 Å². The molecule has 1 amide bonds. The minimum atomic E-state index is -0.487. The Morgan fingerprint density at radius 3 is 2.50 bits per heavy atom. The molecule has 104 valence electrons. The van der Waals surface area contributed by atoms with Crippen LogP contribution in [0.3, 0.4) is 0 Å². The van der Waals surface area contributed by atoms with Crippen LogP contribution in [0, 0.1) is 25.5 Å². The van der Waals surface area contributed by atoms with Crippen LogP contribution in [0.5, 0.6) is 0 Å². The van der Waals surface area contributed by atoms with Crippen molar-refractivity contribution in [2.45, 2.75) is 13.8 Å². The lowest BCUT2D eigenvalue weighted by Gasteiger charge is -2.11. The number of anilines is 1. The third-order valence-electron chi connectivity index (χ3n) is 2.96. The van der Waals surface area contributed by atoms with Crippen LogP contribution in [-0.2, 0) is 0 Å². The third-order valence-corrected chi connectivity index (χ3v) is 3.57. The highest BCUT2D eigenvalue weighted by Crippen LogP contribution is 2.24. The van der Waals surface area contributed by atoms with Crippen molar-refractivity contribution >= 4 is 27.5 Å². The number of nitrogens with one attached hydrogen (secondary N) is 1. The minimum Gasteiger partial charge on any atom is -0.322 e. The summed E-state index contributed by atoms with van der Waals surface area (Å²) in [5.41, 5.74) is 1.95. The van der Waals surface area contributed by atoms with Gasteiger partial charge >= 0.3 is 0 Å². The summed E-state index contributed by atoms with van der Waals surface area (Å²) in [7, 11) is 0. The van der Waals surface area contributed by atoms with Gasteiger partial charge in [-0.2, -0.15) is 0 Å². The molecular weight excluding hydrogens is 328 g/mol. The lowest BCUT2D eigenvalue weighted by Crippen LogP contribution is -2.14. The summed E-state index contributed by atoms with van der Waals surface area (Å²) in [4.78, 5) is 12.1. The molecule has 2 nitrogen and oxygen atoms in total. The highest BCUT2D eigenvalue weighted by atomic mass is 79.9. The molecule has 0 fully saturated rings. The molecule has 1 N–H and O–H groups in total. The Labute approximate surface area is 123 Å². The van der Waals surface area contributed by atoms with Crippen LogP contribution in [0.2, 0.25) is 0 Å². The number of carbonyl (C=O) groups is 1. The predicted octanol–water partition coefficient (Wildman–Crippen LogP) is 4.60. The second-order valence-electron chi connectivity index (χ2n) is 4.49. The van der Waals surface area contributed by atoms with Crippen LogP contribution in [0.4, 0.5) is 14.5 Å². The number of aryl methyl sites for hydroxylation is 2. The topological polar surface area (TPSA) is 29.1 Å². The Bertz CT molecular complexity index is 686. The molecule has 5 heteroatoms. The van der Waals surface area contributed by atoms with Gasteiger partial charge in [-0.15, -0.1) is 0 Å². The fraction of sp³-hybridized carbons (Fsp3) is 0.133. The van der Waals surface area contributed by atoms with Gasteiger partial charge in [0.05, 0.1) is 4.47 Å². The molecule has 0 aliphatic heterocycles. The molecule has 0 saturated carbocycles. The first-order valence-electron chi connectivity index (χ1n) is 5.91. The van der Waals surface area contributed by atoms with Crippen molar-refractivity contribution < 1.29 is 13.6 Å². The molecule has 0 atom stereocenters. The van der Waals surface area contributed by atoms with Gasteiger partial charge in [0.2, 0.25) is 0 Å². The van der Waals surface area contributed by atoms with Crippen molar-refractivity contribution in [1.29, 1.82) is 0 Å². The number of hydrogen-bond donors (Lipinski definition) is 1. The maximum absolute atomic E-state index is 13.5. The van der Waals surface area contributed by atoms with E-state index in [-0.39, 0.29) is 5.56 Å². The summed E-state index contributed by atoms with van der Waals surface area (Å²) in [6.07, 6.45) is 0. The van der Waals surface area contributed by atoms with E-state index in [1.165, 1.54) is 18.2 Å². The molecule has 0 radical (unpaired) electrons. The smallest absolute Gasteiger partial charge is 0.256 e. The first kappa shape index (κ1) is 14.7. The fourth-order valence-corrected chi connectivity index (χ4v) is 2.27. The van der Waals surface area contributed by atoms with E-state index >= 15 is 0 Å². The molecule has 0 aromatic heterocycles. The Balaban J connectivity index is 2.32. The summed E-state index contributed by atoms with van der Waals surface area (Å²) >= 11 is 3.08. The van der Waals surface area contributed by atoms with E-state index in [1.807, 2.05) is 0 Å². The second-order valence-corrected chi connectivity index (χ2v) is 5.35. The van der Waals surface area contributed by atoms with Gasteiger partial charge in [-0.25, -0.2) is 8.78 Å². The van der Waals surface area contributed by atoms with E-state index in [4.69, 9.17) is 0 Å². The van der Waals surface area contributed by atoms with Gasteiger partial charge in [0, 0.05) is 11.3 Å². The summed E-state index contributed by atoms with van der Waals surface area (Å²) in [6, 6.07) is 6.78. The molecule has 2 aromatic carbocycles. The molecule has 0 aliphatic rings. The molecule has 2 rings (SSSR count). The Kier molecular flexibility index (Phi) is 4.18. The van der Waals surface area contributed by atoms with Crippen molar-refractivity contribution in [3.8, 4) is 0 Å². The SMILES string of the molecule is Cc1cc(Br)c(F)cc1NC(=O)c1cc(F)ccc1C. The van der Waals surface area contributed by atoms with Crippen LogP contribution >= 0.6 is 15.9 Å². The normalized spacial score (nSPS) is 10.4. The Morgan fingerprint density at radius 1 is 1.10 bits per heavy atom. The summed E-state index contributed by atoms with van der Waals surface area (Å²) < 4.78 is 27.0. The van der Waals surface area contributed by atoms with Crippen LogP contribution < -0.4 is 5.32 Å². The van der Waals surface area contributed by atoms with E-state index < -0.39 is 17.5 Å². The number of amides is 1. The van der Waals surface area contributed by atoms with Gasteiger partial charge in [0.15, 0.2) is 0 Å². The van der Waals surface area contributed by atoms with Crippen molar-refractivity contribution in [1.82, 2.24) is 0 Å². The molecule has 0 bridgehead atoms. The maximum Gasteiger partial charge on any atom is 0.256 e. The number of rotatable bonds is 2. The predicted molar refractivity (Wildman–Crippen MR) is 77.9 cm³/mol. The lowest BCUT2D eigenvalue weighted by atomic mass is 10.1. The van der Waals surface area contributed by atoms with E-state index in [1.54, 1.807) is 19.9 Å². The zero-order valence-electron chi connectivity index (χ0n) is 10.9. The van der Waals surface area contributed by atoms with E-state index in [0.717, 1.165) is 6.07 Å². The Morgan fingerprint density at radius 2 is 1.80 bits per heavy atom. The van der Waals surface area contributed by atoms with Crippen molar-refractivity contribution in [2.24, 2.45) is 0 Å².